The number of alkyl halides is 3. The first-order chi connectivity index (χ1) is 11.6. The molecule has 1 aromatic carbocycles. The van der Waals surface area contributed by atoms with E-state index < -0.39 is 46.1 Å². The van der Waals surface area contributed by atoms with Crippen LogP contribution in [0.2, 0.25) is 5.02 Å². The van der Waals surface area contributed by atoms with Crippen molar-refractivity contribution in [2.75, 3.05) is 0 Å². The van der Waals surface area contributed by atoms with Gasteiger partial charge >= 0.3 is 12.1 Å². The second kappa shape index (κ2) is 7.40. The Labute approximate surface area is 146 Å². The van der Waals surface area contributed by atoms with Crippen LogP contribution in [0.4, 0.5) is 17.6 Å². The van der Waals surface area contributed by atoms with E-state index in [2.05, 4.69) is 15.5 Å². The summed E-state index contributed by atoms with van der Waals surface area (Å²) in [6, 6.07) is 1.44. The lowest BCUT2D eigenvalue weighted by Gasteiger charge is -2.10. The molecule has 0 spiro atoms. The largest absolute Gasteiger partial charge is 0.481 e. The number of carbonyl (C=O) groups excluding carboxylic acids is 1. The van der Waals surface area contributed by atoms with Gasteiger partial charge in [-0.1, -0.05) is 23.4 Å². The number of carboxylic acid groups (broad SMARTS) is 1. The van der Waals surface area contributed by atoms with E-state index in [0.29, 0.717) is 6.07 Å². The molecule has 25 heavy (non-hydrogen) atoms. The molecule has 0 aromatic heterocycles. The number of aliphatic carboxylic acids is 1. The number of thioether (sulfide) groups is 1. The maximum atomic E-state index is 13.8. The molecule has 1 aliphatic rings. The number of hydrogen-bond donors (Lipinski definition) is 2. The number of nitrogens with zero attached hydrogens (tertiary/aromatic N) is 2. The zero-order valence-electron chi connectivity index (χ0n) is 12.0. The summed E-state index contributed by atoms with van der Waals surface area (Å²) in [6.45, 7) is 0. The van der Waals surface area contributed by atoms with E-state index in [1.807, 2.05) is 0 Å². The standard InChI is InChI=1S/C13H8ClF4N3O3S/c14-9-6(13(16,17)18)2-1-5(10(9)15)4-19-21-12-20-11(24)7(25-12)3-8(22)23/h1-2,4,7H,3H2,(H,22,23)(H,20,21,24). The Hall–Kier alpha value is -2.14. The lowest BCUT2D eigenvalue weighted by atomic mass is 10.1. The van der Waals surface area contributed by atoms with Crippen LogP contribution in [-0.4, -0.2) is 33.6 Å². The van der Waals surface area contributed by atoms with Crippen LogP contribution in [-0.2, 0) is 15.8 Å². The fourth-order valence-electron chi connectivity index (χ4n) is 1.77. The number of nitrogens with one attached hydrogen (secondary N) is 1. The van der Waals surface area contributed by atoms with Crippen molar-refractivity contribution >= 4 is 46.6 Å². The molecule has 1 aromatic rings. The molecule has 12 heteroatoms. The zero-order valence-corrected chi connectivity index (χ0v) is 13.5. The van der Waals surface area contributed by atoms with Crippen LogP contribution < -0.4 is 5.32 Å². The minimum Gasteiger partial charge on any atom is -0.481 e. The third-order valence-electron chi connectivity index (χ3n) is 2.90. The van der Waals surface area contributed by atoms with Crippen LogP contribution in [0.1, 0.15) is 17.5 Å². The van der Waals surface area contributed by atoms with Gasteiger partial charge in [-0.05, 0) is 12.1 Å². The molecule has 2 rings (SSSR count). The van der Waals surface area contributed by atoms with Crippen molar-refractivity contribution in [2.24, 2.45) is 10.2 Å². The van der Waals surface area contributed by atoms with Gasteiger partial charge in [-0.3, -0.25) is 9.59 Å². The third kappa shape index (κ3) is 4.69. The van der Waals surface area contributed by atoms with Gasteiger partial charge < -0.3 is 10.4 Å². The van der Waals surface area contributed by atoms with Crippen LogP contribution in [0.25, 0.3) is 0 Å². The van der Waals surface area contributed by atoms with Crippen LogP contribution >= 0.6 is 23.4 Å². The van der Waals surface area contributed by atoms with Gasteiger partial charge in [0, 0.05) is 5.56 Å². The van der Waals surface area contributed by atoms with E-state index in [1.165, 1.54) is 0 Å². The molecule has 134 valence electrons. The number of carbonyl (C=O) groups is 2. The minimum atomic E-state index is -4.79. The lowest BCUT2D eigenvalue weighted by molar-refractivity contribution is -0.138. The van der Waals surface area contributed by atoms with Crippen LogP contribution in [0.5, 0.6) is 0 Å². The van der Waals surface area contributed by atoms with Gasteiger partial charge in [-0.25, -0.2) is 4.39 Å². The first-order valence-electron chi connectivity index (χ1n) is 6.45. The van der Waals surface area contributed by atoms with Gasteiger partial charge in [0.15, 0.2) is 11.0 Å². The van der Waals surface area contributed by atoms with Crippen molar-refractivity contribution in [1.82, 2.24) is 5.32 Å². The molecule has 0 bridgehead atoms. The first kappa shape index (κ1) is 19.2. The smallest absolute Gasteiger partial charge is 0.417 e. The summed E-state index contributed by atoms with van der Waals surface area (Å²) in [6.07, 6.45) is -4.38. The van der Waals surface area contributed by atoms with E-state index in [4.69, 9.17) is 16.7 Å². The Kier molecular flexibility index (Phi) is 5.68. The van der Waals surface area contributed by atoms with Crippen molar-refractivity contribution in [1.29, 1.82) is 0 Å². The van der Waals surface area contributed by atoms with Crippen LogP contribution in [0.3, 0.4) is 0 Å². The maximum Gasteiger partial charge on any atom is 0.417 e. The van der Waals surface area contributed by atoms with Gasteiger partial charge in [0.1, 0.15) is 5.25 Å². The van der Waals surface area contributed by atoms with Gasteiger partial charge in [0.2, 0.25) is 5.91 Å². The molecule has 1 fully saturated rings. The predicted molar refractivity (Wildman–Crippen MR) is 83.2 cm³/mol. The second-order valence-corrected chi connectivity index (χ2v) is 6.24. The molecule has 6 nitrogen and oxygen atoms in total. The van der Waals surface area contributed by atoms with Crippen molar-refractivity contribution in [3.8, 4) is 0 Å². The summed E-state index contributed by atoms with van der Waals surface area (Å²) in [5.74, 6) is -3.05. The maximum absolute atomic E-state index is 13.8. The summed E-state index contributed by atoms with van der Waals surface area (Å²) < 4.78 is 51.6. The molecule has 1 amide bonds. The fraction of sp³-hybridized carbons (Fsp3) is 0.231. The van der Waals surface area contributed by atoms with Gasteiger partial charge in [-0.15, -0.1) is 5.10 Å². The Morgan fingerprint density at radius 3 is 2.72 bits per heavy atom. The van der Waals surface area contributed by atoms with Crippen LogP contribution in [0, 0.1) is 5.82 Å². The van der Waals surface area contributed by atoms with E-state index in [-0.39, 0.29) is 10.7 Å². The molecule has 1 aliphatic heterocycles. The highest BCUT2D eigenvalue weighted by Gasteiger charge is 2.35. The average molecular weight is 398 g/mol. The van der Waals surface area contributed by atoms with Crippen molar-refractivity contribution in [3.63, 3.8) is 0 Å². The number of hydrogen-bond acceptors (Lipinski definition) is 5. The Bertz CT molecular complexity index is 783. The lowest BCUT2D eigenvalue weighted by Crippen LogP contribution is -2.26. The Morgan fingerprint density at radius 1 is 1.44 bits per heavy atom. The molecule has 0 saturated carbocycles. The van der Waals surface area contributed by atoms with E-state index >= 15 is 0 Å². The summed E-state index contributed by atoms with van der Waals surface area (Å²) in [4.78, 5) is 22.0. The van der Waals surface area contributed by atoms with Crippen molar-refractivity contribution in [2.45, 2.75) is 17.8 Å². The molecule has 0 radical (unpaired) electrons. The minimum absolute atomic E-state index is 0.00841. The number of amidine groups is 1. The highest BCUT2D eigenvalue weighted by Crippen LogP contribution is 2.36. The monoisotopic (exact) mass is 397 g/mol. The summed E-state index contributed by atoms with van der Waals surface area (Å²) >= 11 is 6.19. The molecular formula is C13H8ClF4N3O3S. The van der Waals surface area contributed by atoms with E-state index in [0.717, 1.165) is 24.0 Å². The molecule has 1 unspecified atom stereocenters. The average Bonchev–Trinajstić information content (AvgIpc) is 2.81. The number of carboxylic acids is 1. The number of halogens is 5. The third-order valence-corrected chi connectivity index (χ3v) is 4.34. The van der Waals surface area contributed by atoms with E-state index in [1.54, 1.807) is 0 Å². The highest BCUT2D eigenvalue weighted by molar-refractivity contribution is 8.15. The Morgan fingerprint density at radius 2 is 2.12 bits per heavy atom. The van der Waals surface area contributed by atoms with E-state index in [9.17, 15) is 27.2 Å². The van der Waals surface area contributed by atoms with Gasteiger partial charge in [-0.2, -0.15) is 18.3 Å². The number of rotatable bonds is 4. The molecular weight excluding hydrogens is 390 g/mol. The Balaban J connectivity index is 2.14. The normalized spacial score (nSPS) is 19.6. The predicted octanol–water partition coefficient (Wildman–Crippen LogP) is 2.89. The molecule has 1 atom stereocenters. The zero-order chi connectivity index (χ0) is 18.8. The highest BCUT2D eigenvalue weighted by atomic mass is 35.5. The van der Waals surface area contributed by atoms with Gasteiger partial charge in [0.05, 0.1) is 23.2 Å². The van der Waals surface area contributed by atoms with Gasteiger partial charge in [0.25, 0.3) is 0 Å². The number of amides is 1. The first-order valence-corrected chi connectivity index (χ1v) is 7.71. The molecule has 1 heterocycles. The fourth-order valence-corrected chi connectivity index (χ4v) is 2.97. The molecule has 0 aliphatic carbocycles. The van der Waals surface area contributed by atoms with Crippen LogP contribution in [0.15, 0.2) is 22.3 Å². The summed E-state index contributed by atoms with van der Waals surface area (Å²) in [7, 11) is 0. The topological polar surface area (TPSA) is 91.1 Å². The summed E-state index contributed by atoms with van der Waals surface area (Å²) in [5.41, 5.74) is -1.65. The van der Waals surface area contributed by atoms with Crippen molar-refractivity contribution < 1.29 is 32.3 Å². The number of benzene rings is 1. The SMILES string of the molecule is O=C(O)CC1SC(=NN=Cc2ccc(C(F)(F)F)c(Cl)c2F)NC1=O. The van der Waals surface area contributed by atoms with Crippen molar-refractivity contribution in [3.05, 3.63) is 34.1 Å². The quantitative estimate of drug-likeness (QED) is 0.464. The molecule has 1 saturated heterocycles. The summed E-state index contributed by atoms with van der Waals surface area (Å²) in [5, 5.41) is 16.0. The second-order valence-electron chi connectivity index (χ2n) is 4.67. The molecule has 2 N–H and O–H groups in total.